The number of hydrogen-bond donors (Lipinski definition) is 1. The fourth-order valence-electron chi connectivity index (χ4n) is 1.30. The molecule has 1 aromatic rings. The van der Waals surface area contributed by atoms with E-state index >= 15 is 0 Å². The van der Waals surface area contributed by atoms with Crippen LogP contribution in [0.2, 0.25) is 5.28 Å². The van der Waals surface area contributed by atoms with Crippen molar-refractivity contribution in [3.63, 3.8) is 0 Å². The van der Waals surface area contributed by atoms with Crippen molar-refractivity contribution >= 4 is 23.1 Å². The highest BCUT2D eigenvalue weighted by atomic mass is 35.5. The van der Waals surface area contributed by atoms with Gasteiger partial charge in [0.25, 0.3) is 0 Å². The Kier molecular flexibility index (Phi) is 2.67. The van der Waals surface area contributed by atoms with Crippen LogP contribution in [0.5, 0.6) is 0 Å². The van der Waals surface area contributed by atoms with Crippen molar-refractivity contribution in [3.8, 4) is 0 Å². The van der Waals surface area contributed by atoms with E-state index in [2.05, 4.69) is 22.2 Å². The Morgan fingerprint density at radius 3 is 2.94 bits per heavy atom. The zero-order valence-electron chi connectivity index (χ0n) is 8.73. The van der Waals surface area contributed by atoms with Gasteiger partial charge in [-0.1, -0.05) is 6.92 Å². The van der Waals surface area contributed by atoms with E-state index in [1.165, 1.54) is 0 Å². The molecule has 1 aliphatic carbocycles. The summed E-state index contributed by atoms with van der Waals surface area (Å²) in [5, 5.41) is 13.7. The maximum Gasteiger partial charge on any atom is 0.329 e. The van der Waals surface area contributed by atoms with Crippen LogP contribution in [0.3, 0.4) is 0 Å². The second-order valence-corrected chi connectivity index (χ2v) is 4.63. The summed E-state index contributed by atoms with van der Waals surface area (Å²) in [5.41, 5.74) is 0.0966. The molecule has 1 saturated carbocycles. The molecule has 0 unspecified atom stereocenters. The van der Waals surface area contributed by atoms with Gasteiger partial charge in [0.05, 0.1) is 4.92 Å². The van der Waals surface area contributed by atoms with Gasteiger partial charge in [-0.2, -0.15) is 4.98 Å². The fourth-order valence-corrected chi connectivity index (χ4v) is 1.44. The summed E-state index contributed by atoms with van der Waals surface area (Å²) in [6, 6.07) is 0. The van der Waals surface area contributed by atoms with Crippen molar-refractivity contribution in [2.24, 2.45) is 5.41 Å². The lowest BCUT2D eigenvalue weighted by Crippen LogP contribution is -2.14. The van der Waals surface area contributed by atoms with Gasteiger partial charge in [0.15, 0.2) is 0 Å². The van der Waals surface area contributed by atoms with Gasteiger partial charge in [-0.25, -0.2) is 4.98 Å². The minimum atomic E-state index is -0.520. The van der Waals surface area contributed by atoms with Gasteiger partial charge in [-0.3, -0.25) is 10.1 Å². The summed E-state index contributed by atoms with van der Waals surface area (Å²) in [6.07, 6.45) is 3.38. The van der Waals surface area contributed by atoms with Crippen molar-refractivity contribution < 1.29 is 4.92 Å². The Labute approximate surface area is 97.2 Å². The van der Waals surface area contributed by atoms with E-state index in [0.29, 0.717) is 6.54 Å². The highest BCUT2D eigenvalue weighted by Gasteiger charge is 2.37. The number of nitro groups is 1. The summed E-state index contributed by atoms with van der Waals surface area (Å²) >= 11 is 5.60. The normalized spacial score (nSPS) is 16.9. The molecule has 0 atom stereocenters. The quantitative estimate of drug-likeness (QED) is 0.498. The van der Waals surface area contributed by atoms with Gasteiger partial charge in [0, 0.05) is 6.54 Å². The molecular weight excluding hydrogens is 232 g/mol. The monoisotopic (exact) mass is 242 g/mol. The molecule has 0 radical (unpaired) electrons. The predicted molar refractivity (Wildman–Crippen MR) is 59.5 cm³/mol. The first kappa shape index (κ1) is 11.1. The largest absolute Gasteiger partial charge is 0.364 e. The first-order valence-corrected chi connectivity index (χ1v) is 5.29. The van der Waals surface area contributed by atoms with Gasteiger partial charge < -0.3 is 5.32 Å². The smallest absolute Gasteiger partial charge is 0.329 e. The van der Waals surface area contributed by atoms with Crippen molar-refractivity contribution in [2.75, 3.05) is 11.9 Å². The SMILES string of the molecule is CC1(CNc2nc(Cl)ncc2[N+](=O)[O-])CC1. The topological polar surface area (TPSA) is 81.0 Å². The Morgan fingerprint density at radius 2 is 2.38 bits per heavy atom. The zero-order valence-corrected chi connectivity index (χ0v) is 9.49. The number of nitrogens with one attached hydrogen (secondary N) is 1. The van der Waals surface area contributed by atoms with E-state index < -0.39 is 4.92 Å². The molecule has 1 N–H and O–H groups in total. The van der Waals surface area contributed by atoms with Crippen LogP contribution < -0.4 is 5.32 Å². The van der Waals surface area contributed by atoms with Crippen LogP contribution in [0.4, 0.5) is 11.5 Å². The molecule has 2 rings (SSSR count). The molecule has 0 amide bonds. The number of aromatic nitrogens is 2. The number of hydrogen-bond acceptors (Lipinski definition) is 5. The number of rotatable bonds is 4. The van der Waals surface area contributed by atoms with Crippen LogP contribution in [0.1, 0.15) is 19.8 Å². The average molecular weight is 243 g/mol. The number of anilines is 1. The first-order chi connectivity index (χ1) is 7.50. The third kappa shape index (κ3) is 2.38. The third-order valence-corrected chi connectivity index (χ3v) is 2.91. The second kappa shape index (κ2) is 3.86. The summed E-state index contributed by atoms with van der Waals surface area (Å²) in [5.74, 6) is 0.193. The van der Waals surface area contributed by atoms with Crippen LogP contribution in [-0.2, 0) is 0 Å². The van der Waals surface area contributed by atoms with Gasteiger partial charge >= 0.3 is 5.69 Å². The summed E-state index contributed by atoms with van der Waals surface area (Å²) in [7, 11) is 0. The van der Waals surface area contributed by atoms with E-state index in [1.807, 2.05) is 0 Å². The zero-order chi connectivity index (χ0) is 11.8. The third-order valence-electron chi connectivity index (χ3n) is 2.72. The van der Waals surface area contributed by atoms with Crippen molar-refractivity contribution in [1.29, 1.82) is 0 Å². The first-order valence-electron chi connectivity index (χ1n) is 4.91. The molecule has 1 aromatic heterocycles. The molecule has 1 aliphatic rings. The molecular formula is C9H11ClN4O2. The molecule has 7 heteroatoms. The van der Waals surface area contributed by atoms with Gasteiger partial charge in [-0.15, -0.1) is 0 Å². The van der Waals surface area contributed by atoms with Gasteiger partial charge in [-0.05, 0) is 29.9 Å². The molecule has 0 spiro atoms. The highest BCUT2D eigenvalue weighted by Crippen LogP contribution is 2.45. The molecule has 0 saturated heterocycles. The molecule has 1 heterocycles. The Bertz CT molecular complexity index is 434. The van der Waals surface area contributed by atoms with E-state index in [0.717, 1.165) is 19.0 Å². The average Bonchev–Trinajstić information content (AvgIpc) is 2.94. The van der Waals surface area contributed by atoms with Crippen molar-refractivity contribution in [3.05, 3.63) is 21.6 Å². The fraction of sp³-hybridized carbons (Fsp3) is 0.556. The highest BCUT2D eigenvalue weighted by molar-refractivity contribution is 6.28. The number of nitrogens with zero attached hydrogens (tertiary/aromatic N) is 3. The number of halogens is 1. The van der Waals surface area contributed by atoms with E-state index in [-0.39, 0.29) is 22.2 Å². The molecule has 0 aliphatic heterocycles. The van der Waals surface area contributed by atoms with Crippen LogP contribution in [0.15, 0.2) is 6.20 Å². The lowest BCUT2D eigenvalue weighted by atomic mass is 10.1. The lowest BCUT2D eigenvalue weighted by Gasteiger charge is -2.10. The van der Waals surface area contributed by atoms with Crippen molar-refractivity contribution in [2.45, 2.75) is 19.8 Å². The summed E-state index contributed by atoms with van der Waals surface area (Å²) in [6.45, 7) is 2.79. The second-order valence-electron chi connectivity index (χ2n) is 4.29. The molecule has 0 bridgehead atoms. The molecule has 16 heavy (non-hydrogen) atoms. The lowest BCUT2D eigenvalue weighted by molar-refractivity contribution is -0.384. The standard InChI is InChI=1S/C9H11ClN4O2/c1-9(2-3-9)5-12-7-6(14(15)16)4-11-8(10)13-7/h4H,2-3,5H2,1H3,(H,11,12,13). The summed E-state index contributed by atoms with van der Waals surface area (Å²) < 4.78 is 0. The maximum atomic E-state index is 10.7. The Balaban J connectivity index is 2.16. The van der Waals surface area contributed by atoms with E-state index in [9.17, 15) is 10.1 Å². The minimum Gasteiger partial charge on any atom is -0.364 e. The van der Waals surface area contributed by atoms with E-state index in [1.54, 1.807) is 0 Å². The van der Waals surface area contributed by atoms with E-state index in [4.69, 9.17) is 11.6 Å². The Morgan fingerprint density at radius 1 is 1.69 bits per heavy atom. The van der Waals surface area contributed by atoms with Crippen molar-refractivity contribution in [1.82, 2.24) is 9.97 Å². The van der Waals surface area contributed by atoms with Gasteiger partial charge in [0.2, 0.25) is 11.1 Å². The molecule has 1 fully saturated rings. The summed E-state index contributed by atoms with van der Waals surface area (Å²) in [4.78, 5) is 17.6. The van der Waals surface area contributed by atoms with Gasteiger partial charge in [0.1, 0.15) is 6.20 Å². The Hall–Kier alpha value is -1.43. The molecule has 6 nitrogen and oxygen atoms in total. The molecule has 0 aromatic carbocycles. The maximum absolute atomic E-state index is 10.7. The minimum absolute atomic E-state index is 0.00838. The molecule has 86 valence electrons. The van der Waals surface area contributed by atoms with Crippen LogP contribution in [0, 0.1) is 15.5 Å². The van der Waals surface area contributed by atoms with Crippen LogP contribution >= 0.6 is 11.6 Å². The predicted octanol–water partition coefficient (Wildman–Crippen LogP) is 2.25. The van der Waals surface area contributed by atoms with Crippen LogP contribution in [0.25, 0.3) is 0 Å². The van der Waals surface area contributed by atoms with Crippen LogP contribution in [-0.4, -0.2) is 21.4 Å².